The van der Waals surface area contributed by atoms with Crippen LogP contribution in [0.25, 0.3) is 0 Å². The summed E-state index contributed by atoms with van der Waals surface area (Å²) in [6.07, 6.45) is 3.54. The summed E-state index contributed by atoms with van der Waals surface area (Å²) in [5, 5.41) is 3.51. The van der Waals surface area contributed by atoms with Crippen molar-refractivity contribution in [2.45, 2.75) is 46.1 Å². The Bertz CT molecular complexity index is 307. The van der Waals surface area contributed by atoms with Gasteiger partial charge in [-0.25, -0.2) is 0 Å². The molecule has 0 spiro atoms. The number of hydrogen-bond acceptors (Lipinski definition) is 2. The second-order valence-corrected chi connectivity index (χ2v) is 4.13. The monoisotopic (exact) mass is 206 g/mol. The van der Waals surface area contributed by atoms with Crippen molar-refractivity contribution in [2.75, 3.05) is 11.1 Å². The van der Waals surface area contributed by atoms with Gasteiger partial charge >= 0.3 is 0 Å². The van der Waals surface area contributed by atoms with Gasteiger partial charge in [-0.3, -0.25) is 0 Å². The summed E-state index contributed by atoms with van der Waals surface area (Å²) in [7, 11) is 0. The van der Waals surface area contributed by atoms with Crippen LogP contribution in [-0.4, -0.2) is 6.04 Å². The number of rotatable bonds is 5. The zero-order valence-electron chi connectivity index (χ0n) is 10.0. The first-order valence-electron chi connectivity index (χ1n) is 5.80. The Morgan fingerprint density at radius 2 is 2.07 bits per heavy atom. The lowest BCUT2D eigenvalue weighted by Crippen LogP contribution is -2.18. The molecule has 2 heteroatoms. The third-order valence-corrected chi connectivity index (χ3v) is 2.70. The zero-order chi connectivity index (χ0) is 11.3. The van der Waals surface area contributed by atoms with Crippen LogP contribution in [0.5, 0.6) is 0 Å². The quantitative estimate of drug-likeness (QED) is 0.723. The van der Waals surface area contributed by atoms with Crippen molar-refractivity contribution in [3.63, 3.8) is 0 Å². The Morgan fingerprint density at radius 3 is 2.67 bits per heavy atom. The van der Waals surface area contributed by atoms with Gasteiger partial charge in [0.15, 0.2) is 0 Å². The number of hydrogen-bond donors (Lipinski definition) is 2. The van der Waals surface area contributed by atoms with Gasteiger partial charge in [0.2, 0.25) is 0 Å². The molecule has 0 aliphatic heterocycles. The van der Waals surface area contributed by atoms with E-state index in [1.165, 1.54) is 18.4 Å². The molecule has 0 aliphatic carbocycles. The predicted octanol–water partition coefficient (Wildman–Crippen LogP) is 3.57. The van der Waals surface area contributed by atoms with Gasteiger partial charge < -0.3 is 11.1 Å². The lowest BCUT2D eigenvalue weighted by atomic mass is 10.1. The molecule has 1 aromatic rings. The Kier molecular flexibility index (Phi) is 4.47. The Hall–Kier alpha value is -1.18. The molecule has 0 aromatic heterocycles. The number of nitrogen functional groups attached to an aromatic ring is 1. The van der Waals surface area contributed by atoms with Gasteiger partial charge in [0.25, 0.3) is 0 Å². The summed E-state index contributed by atoms with van der Waals surface area (Å²) >= 11 is 0. The molecule has 15 heavy (non-hydrogen) atoms. The van der Waals surface area contributed by atoms with Gasteiger partial charge in [0.1, 0.15) is 0 Å². The van der Waals surface area contributed by atoms with E-state index in [2.05, 4.69) is 32.2 Å². The standard InChI is InChI=1S/C13H22N2/c1-4-6-11(5-2)15-13-9-10(3)7-8-12(13)14/h7-9,11,15H,4-6,14H2,1-3H3. The smallest absolute Gasteiger partial charge is 0.0578 e. The highest BCUT2D eigenvalue weighted by molar-refractivity contribution is 5.67. The number of aryl methyl sites for hydroxylation is 1. The lowest BCUT2D eigenvalue weighted by Gasteiger charge is -2.19. The molecule has 0 saturated carbocycles. The first-order valence-corrected chi connectivity index (χ1v) is 5.80. The molecule has 0 amide bonds. The van der Waals surface area contributed by atoms with Crippen molar-refractivity contribution < 1.29 is 0 Å². The summed E-state index contributed by atoms with van der Waals surface area (Å²) in [4.78, 5) is 0. The highest BCUT2D eigenvalue weighted by atomic mass is 14.9. The van der Waals surface area contributed by atoms with E-state index in [1.54, 1.807) is 0 Å². The summed E-state index contributed by atoms with van der Waals surface area (Å²) in [6.45, 7) is 6.51. The van der Waals surface area contributed by atoms with Crippen LogP contribution in [0, 0.1) is 6.92 Å². The molecule has 1 aromatic carbocycles. The van der Waals surface area contributed by atoms with E-state index >= 15 is 0 Å². The zero-order valence-corrected chi connectivity index (χ0v) is 10.0. The average molecular weight is 206 g/mol. The van der Waals surface area contributed by atoms with Crippen molar-refractivity contribution in [1.82, 2.24) is 0 Å². The predicted molar refractivity (Wildman–Crippen MR) is 68.2 cm³/mol. The van der Waals surface area contributed by atoms with Crippen molar-refractivity contribution in [2.24, 2.45) is 0 Å². The Morgan fingerprint density at radius 1 is 1.33 bits per heavy atom. The topological polar surface area (TPSA) is 38.0 Å². The van der Waals surface area contributed by atoms with Crippen LogP contribution >= 0.6 is 0 Å². The summed E-state index contributed by atoms with van der Waals surface area (Å²) in [5.41, 5.74) is 9.10. The minimum absolute atomic E-state index is 0.541. The van der Waals surface area contributed by atoms with Crippen LogP contribution < -0.4 is 11.1 Å². The molecule has 0 saturated heterocycles. The number of nitrogens with two attached hydrogens (primary N) is 1. The summed E-state index contributed by atoms with van der Waals surface area (Å²) in [5.74, 6) is 0. The van der Waals surface area contributed by atoms with Crippen molar-refractivity contribution >= 4 is 11.4 Å². The van der Waals surface area contributed by atoms with Crippen LogP contribution in [0.4, 0.5) is 11.4 Å². The molecule has 84 valence electrons. The normalized spacial score (nSPS) is 12.5. The molecular weight excluding hydrogens is 184 g/mol. The first-order chi connectivity index (χ1) is 7.17. The van der Waals surface area contributed by atoms with Crippen LogP contribution in [0.1, 0.15) is 38.7 Å². The van der Waals surface area contributed by atoms with Crippen molar-refractivity contribution in [1.29, 1.82) is 0 Å². The largest absolute Gasteiger partial charge is 0.397 e. The molecule has 2 nitrogen and oxygen atoms in total. The van der Waals surface area contributed by atoms with Crippen molar-refractivity contribution in [3.8, 4) is 0 Å². The maximum atomic E-state index is 5.93. The second kappa shape index (κ2) is 5.64. The molecule has 1 unspecified atom stereocenters. The molecule has 3 N–H and O–H groups in total. The Labute approximate surface area is 92.9 Å². The molecule has 0 radical (unpaired) electrons. The van der Waals surface area contributed by atoms with Crippen LogP contribution in [0.15, 0.2) is 18.2 Å². The van der Waals surface area contributed by atoms with E-state index in [9.17, 15) is 0 Å². The van der Waals surface area contributed by atoms with E-state index in [-0.39, 0.29) is 0 Å². The average Bonchev–Trinajstić information content (AvgIpc) is 2.22. The first kappa shape index (κ1) is 11.9. The van der Waals surface area contributed by atoms with E-state index in [4.69, 9.17) is 5.73 Å². The van der Waals surface area contributed by atoms with Gasteiger partial charge in [-0.15, -0.1) is 0 Å². The van der Waals surface area contributed by atoms with Crippen LogP contribution in [-0.2, 0) is 0 Å². The van der Waals surface area contributed by atoms with E-state index in [0.717, 1.165) is 17.8 Å². The van der Waals surface area contributed by atoms with Crippen LogP contribution in [0.3, 0.4) is 0 Å². The highest BCUT2D eigenvalue weighted by Gasteiger charge is 2.06. The van der Waals surface area contributed by atoms with Gasteiger partial charge in [0.05, 0.1) is 11.4 Å². The molecule has 0 fully saturated rings. The molecule has 0 bridgehead atoms. The molecular formula is C13H22N2. The fraction of sp³-hybridized carbons (Fsp3) is 0.538. The van der Waals surface area contributed by atoms with E-state index in [1.807, 2.05) is 12.1 Å². The fourth-order valence-electron chi connectivity index (χ4n) is 1.74. The fourth-order valence-corrected chi connectivity index (χ4v) is 1.74. The maximum Gasteiger partial charge on any atom is 0.0578 e. The third kappa shape index (κ3) is 3.46. The van der Waals surface area contributed by atoms with Crippen LogP contribution in [0.2, 0.25) is 0 Å². The molecule has 1 rings (SSSR count). The van der Waals surface area contributed by atoms with Gasteiger partial charge in [-0.1, -0.05) is 26.3 Å². The molecule has 1 atom stereocenters. The molecule has 0 heterocycles. The third-order valence-electron chi connectivity index (χ3n) is 2.70. The summed E-state index contributed by atoms with van der Waals surface area (Å²) < 4.78 is 0. The van der Waals surface area contributed by atoms with E-state index in [0.29, 0.717) is 6.04 Å². The van der Waals surface area contributed by atoms with Gasteiger partial charge in [0, 0.05) is 6.04 Å². The number of anilines is 2. The molecule has 0 aliphatic rings. The van der Waals surface area contributed by atoms with Crippen molar-refractivity contribution in [3.05, 3.63) is 23.8 Å². The minimum atomic E-state index is 0.541. The lowest BCUT2D eigenvalue weighted by molar-refractivity contribution is 0.623. The number of benzene rings is 1. The minimum Gasteiger partial charge on any atom is -0.397 e. The van der Waals surface area contributed by atoms with E-state index < -0.39 is 0 Å². The number of nitrogens with one attached hydrogen (secondary N) is 1. The highest BCUT2D eigenvalue weighted by Crippen LogP contribution is 2.22. The van der Waals surface area contributed by atoms with Gasteiger partial charge in [-0.05, 0) is 37.5 Å². The van der Waals surface area contributed by atoms with Gasteiger partial charge in [-0.2, -0.15) is 0 Å². The maximum absolute atomic E-state index is 5.93. The summed E-state index contributed by atoms with van der Waals surface area (Å²) in [6, 6.07) is 6.67. The second-order valence-electron chi connectivity index (χ2n) is 4.13. The SMILES string of the molecule is CCCC(CC)Nc1cc(C)ccc1N. The Balaban J connectivity index is 2.73.